The van der Waals surface area contributed by atoms with Gasteiger partial charge in [-0.3, -0.25) is 9.78 Å². The minimum absolute atomic E-state index is 0.407. The van der Waals surface area contributed by atoms with Gasteiger partial charge >= 0.3 is 0 Å². The molecule has 1 heterocycles. The largest absolute Gasteiger partial charge is 0.366 e. The quantitative estimate of drug-likeness (QED) is 0.736. The number of nitrogens with zero attached hydrogens (tertiary/aromatic N) is 1. The highest BCUT2D eigenvalue weighted by atomic mass is 16.1. The van der Waals surface area contributed by atoms with Crippen LogP contribution in [0.25, 0.3) is 10.9 Å². The third-order valence-corrected chi connectivity index (χ3v) is 2.29. The standard InChI is InChI=1S/C11H10N2O/c1-7-9(11(12)14)5-4-8-3-2-6-13-10(7)8/h2-6H,1H3,(H2,12,14). The van der Waals surface area contributed by atoms with Crippen LogP contribution in [0.2, 0.25) is 0 Å². The van der Waals surface area contributed by atoms with E-state index in [1.54, 1.807) is 12.3 Å². The molecule has 0 saturated carbocycles. The Balaban J connectivity index is 2.81. The van der Waals surface area contributed by atoms with E-state index in [1.807, 2.05) is 25.1 Å². The maximum Gasteiger partial charge on any atom is 0.249 e. The van der Waals surface area contributed by atoms with Gasteiger partial charge in [0.1, 0.15) is 0 Å². The van der Waals surface area contributed by atoms with Gasteiger partial charge in [0.15, 0.2) is 0 Å². The zero-order valence-electron chi connectivity index (χ0n) is 7.82. The van der Waals surface area contributed by atoms with Crippen LogP contribution in [0.15, 0.2) is 30.5 Å². The highest BCUT2D eigenvalue weighted by Crippen LogP contribution is 2.18. The number of aromatic nitrogens is 1. The lowest BCUT2D eigenvalue weighted by Gasteiger charge is -2.04. The fourth-order valence-electron chi connectivity index (χ4n) is 1.56. The molecular formula is C11H10N2O. The van der Waals surface area contributed by atoms with Gasteiger partial charge < -0.3 is 5.73 Å². The average molecular weight is 186 g/mol. The van der Waals surface area contributed by atoms with E-state index < -0.39 is 5.91 Å². The van der Waals surface area contributed by atoms with Gasteiger partial charge in [0.2, 0.25) is 5.91 Å². The highest BCUT2D eigenvalue weighted by molar-refractivity contribution is 5.99. The predicted octanol–water partition coefficient (Wildman–Crippen LogP) is 1.64. The van der Waals surface area contributed by atoms with Gasteiger partial charge in [-0.15, -0.1) is 0 Å². The SMILES string of the molecule is Cc1c(C(N)=O)ccc2cccnc12. The van der Waals surface area contributed by atoms with Gasteiger partial charge in [0, 0.05) is 17.1 Å². The summed E-state index contributed by atoms with van der Waals surface area (Å²) in [6, 6.07) is 7.42. The Labute approximate surface area is 81.6 Å². The van der Waals surface area contributed by atoms with Gasteiger partial charge in [0.05, 0.1) is 5.52 Å². The van der Waals surface area contributed by atoms with E-state index >= 15 is 0 Å². The molecule has 0 radical (unpaired) electrons. The predicted molar refractivity (Wildman–Crippen MR) is 55.0 cm³/mol. The van der Waals surface area contributed by atoms with Gasteiger partial charge in [-0.25, -0.2) is 0 Å². The number of benzene rings is 1. The first-order valence-electron chi connectivity index (χ1n) is 4.34. The second kappa shape index (κ2) is 3.10. The molecule has 3 heteroatoms. The molecule has 0 spiro atoms. The molecule has 0 atom stereocenters. The van der Waals surface area contributed by atoms with E-state index in [9.17, 15) is 4.79 Å². The Kier molecular flexibility index (Phi) is 1.93. The molecule has 0 saturated heterocycles. The topological polar surface area (TPSA) is 56.0 Å². The maximum absolute atomic E-state index is 11.1. The third kappa shape index (κ3) is 1.23. The number of fused-ring (bicyclic) bond motifs is 1. The van der Waals surface area contributed by atoms with Crippen molar-refractivity contribution in [1.29, 1.82) is 0 Å². The van der Waals surface area contributed by atoms with E-state index in [-0.39, 0.29) is 0 Å². The summed E-state index contributed by atoms with van der Waals surface area (Å²) < 4.78 is 0. The normalized spacial score (nSPS) is 10.4. The van der Waals surface area contributed by atoms with Crippen LogP contribution in [-0.4, -0.2) is 10.9 Å². The Morgan fingerprint density at radius 1 is 1.36 bits per heavy atom. The summed E-state index contributed by atoms with van der Waals surface area (Å²) in [5.41, 5.74) is 7.46. The van der Waals surface area contributed by atoms with Gasteiger partial charge in [-0.1, -0.05) is 12.1 Å². The first-order chi connectivity index (χ1) is 6.70. The molecule has 14 heavy (non-hydrogen) atoms. The molecule has 2 aromatic rings. The smallest absolute Gasteiger partial charge is 0.249 e. The van der Waals surface area contributed by atoms with Crippen molar-refractivity contribution in [2.45, 2.75) is 6.92 Å². The summed E-state index contributed by atoms with van der Waals surface area (Å²) in [6.45, 7) is 1.86. The maximum atomic E-state index is 11.1. The lowest BCUT2D eigenvalue weighted by molar-refractivity contribution is 0.1000. The Hall–Kier alpha value is -1.90. The Morgan fingerprint density at radius 3 is 2.86 bits per heavy atom. The van der Waals surface area contributed by atoms with Crippen LogP contribution in [-0.2, 0) is 0 Å². The number of hydrogen-bond acceptors (Lipinski definition) is 2. The summed E-state index contributed by atoms with van der Waals surface area (Å²) in [6.07, 6.45) is 1.71. The summed E-state index contributed by atoms with van der Waals surface area (Å²) >= 11 is 0. The van der Waals surface area contributed by atoms with Crippen molar-refractivity contribution in [2.75, 3.05) is 0 Å². The van der Waals surface area contributed by atoms with Gasteiger partial charge in [0.25, 0.3) is 0 Å². The molecule has 3 nitrogen and oxygen atoms in total. The van der Waals surface area contributed by atoms with Crippen LogP contribution < -0.4 is 5.73 Å². The Morgan fingerprint density at radius 2 is 2.14 bits per heavy atom. The zero-order chi connectivity index (χ0) is 10.1. The number of nitrogens with two attached hydrogens (primary N) is 1. The second-order valence-corrected chi connectivity index (χ2v) is 3.18. The fourth-order valence-corrected chi connectivity index (χ4v) is 1.56. The molecule has 2 rings (SSSR count). The van der Waals surface area contributed by atoms with Crippen LogP contribution in [0.3, 0.4) is 0 Å². The number of amides is 1. The molecule has 0 aliphatic rings. The van der Waals surface area contributed by atoms with E-state index in [0.29, 0.717) is 5.56 Å². The number of carbonyl (C=O) groups excluding carboxylic acids is 1. The van der Waals surface area contributed by atoms with Gasteiger partial charge in [-0.05, 0) is 24.6 Å². The monoisotopic (exact) mass is 186 g/mol. The van der Waals surface area contributed by atoms with Crippen LogP contribution in [0.5, 0.6) is 0 Å². The number of primary amides is 1. The number of pyridine rings is 1. The van der Waals surface area contributed by atoms with Crippen molar-refractivity contribution < 1.29 is 4.79 Å². The molecule has 0 unspecified atom stereocenters. The molecule has 0 aliphatic heterocycles. The third-order valence-electron chi connectivity index (χ3n) is 2.29. The molecule has 0 bridgehead atoms. The zero-order valence-corrected chi connectivity index (χ0v) is 7.82. The molecule has 1 amide bonds. The van der Waals surface area contributed by atoms with Crippen molar-refractivity contribution in [2.24, 2.45) is 5.73 Å². The Bertz CT molecular complexity index is 506. The van der Waals surface area contributed by atoms with Crippen LogP contribution in [0.4, 0.5) is 0 Å². The number of aryl methyl sites for hydroxylation is 1. The first-order valence-corrected chi connectivity index (χ1v) is 4.34. The van der Waals surface area contributed by atoms with E-state index in [4.69, 9.17) is 5.73 Å². The van der Waals surface area contributed by atoms with E-state index in [2.05, 4.69) is 4.98 Å². The fraction of sp³-hybridized carbons (Fsp3) is 0.0909. The van der Waals surface area contributed by atoms with E-state index in [1.165, 1.54) is 0 Å². The van der Waals surface area contributed by atoms with Crippen LogP contribution in [0, 0.1) is 6.92 Å². The number of rotatable bonds is 1. The first kappa shape index (κ1) is 8.69. The highest BCUT2D eigenvalue weighted by Gasteiger charge is 2.07. The summed E-state index contributed by atoms with van der Waals surface area (Å²) in [4.78, 5) is 15.3. The minimum atomic E-state index is -0.407. The molecular weight excluding hydrogens is 176 g/mol. The van der Waals surface area contributed by atoms with Crippen molar-refractivity contribution >= 4 is 16.8 Å². The van der Waals surface area contributed by atoms with E-state index in [0.717, 1.165) is 16.5 Å². The van der Waals surface area contributed by atoms with Gasteiger partial charge in [-0.2, -0.15) is 0 Å². The number of hydrogen-bond donors (Lipinski definition) is 1. The molecule has 0 aliphatic carbocycles. The van der Waals surface area contributed by atoms with Crippen molar-refractivity contribution in [3.63, 3.8) is 0 Å². The molecule has 2 N–H and O–H groups in total. The van der Waals surface area contributed by atoms with Crippen molar-refractivity contribution in [1.82, 2.24) is 4.98 Å². The summed E-state index contributed by atoms with van der Waals surface area (Å²) in [5.74, 6) is -0.407. The van der Waals surface area contributed by atoms with Crippen molar-refractivity contribution in [3.8, 4) is 0 Å². The van der Waals surface area contributed by atoms with Crippen molar-refractivity contribution in [3.05, 3.63) is 41.6 Å². The molecule has 1 aromatic heterocycles. The lowest BCUT2D eigenvalue weighted by Crippen LogP contribution is -2.12. The second-order valence-electron chi connectivity index (χ2n) is 3.18. The molecule has 70 valence electrons. The summed E-state index contributed by atoms with van der Waals surface area (Å²) in [7, 11) is 0. The minimum Gasteiger partial charge on any atom is -0.366 e. The average Bonchev–Trinajstić information content (AvgIpc) is 2.18. The van der Waals surface area contributed by atoms with Crippen LogP contribution in [0.1, 0.15) is 15.9 Å². The molecule has 1 aromatic carbocycles. The van der Waals surface area contributed by atoms with Crippen LogP contribution >= 0.6 is 0 Å². The molecule has 0 fully saturated rings. The summed E-state index contributed by atoms with van der Waals surface area (Å²) in [5, 5.41) is 1.02. The number of carbonyl (C=O) groups is 1. The lowest BCUT2D eigenvalue weighted by atomic mass is 10.0.